The van der Waals surface area contributed by atoms with Crippen LogP contribution >= 0.6 is 11.5 Å². The minimum atomic E-state index is -4.59. The summed E-state index contributed by atoms with van der Waals surface area (Å²) in [7, 11) is 1.28. The standard InChI is InChI=1S/C20H24F4N2O2S/c1-19(2,3)26-12-13(7-5-6-10-21)18(29-26)25-17(27)15-11-14(20(22,23)24)8-9-16(15)28-4/h8-9,11-12H,5-7,10H2,1-4H3. The van der Waals surface area contributed by atoms with Crippen molar-refractivity contribution >= 4 is 17.4 Å². The average molecular weight is 432 g/mol. The number of carbonyl (C=O) groups is 1. The van der Waals surface area contributed by atoms with Crippen LogP contribution in [0.1, 0.15) is 55.1 Å². The van der Waals surface area contributed by atoms with Crippen molar-refractivity contribution in [1.29, 1.82) is 0 Å². The third-order valence-electron chi connectivity index (χ3n) is 4.18. The molecule has 0 N–H and O–H groups in total. The van der Waals surface area contributed by atoms with Gasteiger partial charge in [0.05, 0.1) is 24.9 Å². The molecule has 160 valence electrons. The quantitative estimate of drug-likeness (QED) is 0.455. The summed E-state index contributed by atoms with van der Waals surface area (Å²) in [6.07, 6.45) is -1.23. The largest absolute Gasteiger partial charge is 0.496 e. The fraction of sp³-hybridized carbons (Fsp3) is 0.500. The van der Waals surface area contributed by atoms with E-state index in [9.17, 15) is 22.4 Å². The molecule has 0 aliphatic rings. The number of benzene rings is 1. The highest BCUT2D eigenvalue weighted by Crippen LogP contribution is 2.32. The second-order valence-corrected chi connectivity index (χ2v) is 8.49. The number of ether oxygens (including phenoxy) is 1. The Morgan fingerprint density at radius 3 is 2.45 bits per heavy atom. The topological polar surface area (TPSA) is 43.6 Å². The zero-order valence-electron chi connectivity index (χ0n) is 16.8. The Kier molecular flexibility index (Phi) is 7.26. The molecule has 0 saturated heterocycles. The lowest BCUT2D eigenvalue weighted by Crippen LogP contribution is -2.18. The smallest absolute Gasteiger partial charge is 0.416 e. The van der Waals surface area contributed by atoms with Crippen molar-refractivity contribution in [1.82, 2.24) is 3.96 Å². The van der Waals surface area contributed by atoms with Crippen LogP contribution in [0.25, 0.3) is 0 Å². The predicted molar refractivity (Wildman–Crippen MR) is 104 cm³/mol. The first-order valence-corrected chi connectivity index (χ1v) is 9.87. The van der Waals surface area contributed by atoms with Gasteiger partial charge >= 0.3 is 6.18 Å². The molecule has 1 amide bonds. The van der Waals surface area contributed by atoms with Gasteiger partial charge < -0.3 is 4.74 Å². The molecule has 0 aliphatic carbocycles. The third-order valence-corrected chi connectivity index (χ3v) is 5.56. The van der Waals surface area contributed by atoms with Crippen molar-refractivity contribution in [2.24, 2.45) is 4.99 Å². The number of rotatable bonds is 6. The molecule has 2 rings (SSSR count). The monoisotopic (exact) mass is 432 g/mol. The van der Waals surface area contributed by atoms with Gasteiger partial charge in [0.15, 0.2) is 0 Å². The van der Waals surface area contributed by atoms with E-state index in [1.165, 1.54) is 18.6 Å². The summed E-state index contributed by atoms with van der Waals surface area (Å²) < 4.78 is 59.0. The molecule has 0 bridgehead atoms. The summed E-state index contributed by atoms with van der Waals surface area (Å²) in [5, 5.41) is 0. The summed E-state index contributed by atoms with van der Waals surface area (Å²) in [6, 6.07) is 2.72. The van der Waals surface area contributed by atoms with Gasteiger partial charge in [-0.05, 0) is 69.8 Å². The average Bonchev–Trinajstić information content (AvgIpc) is 3.03. The van der Waals surface area contributed by atoms with Gasteiger partial charge in [-0.15, -0.1) is 0 Å². The Morgan fingerprint density at radius 2 is 1.90 bits per heavy atom. The first kappa shape index (κ1) is 23.1. The second-order valence-electron chi connectivity index (χ2n) is 7.52. The summed E-state index contributed by atoms with van der Waals surface area (Å²) in [5.74, 6) is -0.798. The van der Waals surface area contributed by atoms with Crippen molar-refractivity contribution in [3.63, 3.8) is 0 Å². The second kappa shape index (κ2) is 9.11. The highest BCUT2D eigenvalue weighted by molar-refractivity contribution is 7.04. The molecule has 0 spiro atoms. The normalized spacial score (nSPS) is 13.0. The van der Waals surface area contributed by atoms with E-state index in [0.29, 0.717) is 23.9 Å². The molecule has 4 nitrogen and oxygen atoms in total. The minimum absolute atomic E-state index is 0.0194. The number of aromatic nitrogens is 1. The molecule has 29 heavy (non-hydrogen) atoms. The van der Waals surface area contributed by atoms with E-state index < -0.39 is 24.3 Å². The van der Waals surface area contributed by atoms with E-state index in [2.05, 4.69) is 4.99 Å². The van der Waals surface area contributed by atoms with Crippen molar-refractivity contribution in [2.45, 2.75) is 51.7 Å². The number of alkyl halides is 4. The van der Waals surface area contributed by atoms with Gasteiger partial charge in [0.1, 0.15) is 10.4 Å². The van der Waals surface area contributed by atoms with Crippen LogP contribution in [0.2, 0.25) is 0 Å². The number of methoxy groups -OCH3 is 1. The van der Waals surface area contributed by atoms with Crippen LogP contribution < -0.4 is 9.41 Å². The van der Waals surface area contributed by atoms with Crippen LogP contribution in [0.3, 0.4) is 0 Å². The Hall–Kier alpha value is -2.16. The van der Waals surface area contributed by atoms with Crippen LogP contribution in [0, 0.1) is 0 Å². The minimum Gasteiger partial charge on any atom is -0.496 e. The molecule has 0 unspecified atom stereocenters. The van der Waals surface area contributed by atoms with E-state index in [-0.39, 0.29) is 16.9 Å². The molecule has 0 fully saturated rings. The van der Waals surface area contributed by atoms with Crippen LogP contribution in [0.4, 0.5) is 17.6 Å². The molecular formula is C20H24F4N2O2S. The van der Waals surface area contributed by atoms with Gasteiger partial charge in [0.2, 0.25) is 0 Å². The third kappa shape index (κ3) is 5.91. The molecule has 9 heteroatoms. The van der Waals surface area contributed by atoms with Gasteiger partial charge in [0.25, 0.3) is 5.91 Å². The zero-order chi connectivity index (χ0) is 21.8. The number of aryl methyl sites for hydroxylation is 1. The molecule has 1 aromatic heterocycles. The number of amides is 1. The van der Waals surface area contributed by atoms with Crippen molar-refractivity contribution in [3.8, 4) is 5.75 Å². The van der Waals surface area contributed by atoms with Crippen LogP contribution in [0.15, 0.2) is 29.4 Å². The zero-order valence-corrected chi connectivity index (χ0v) is 17.6. The van der Waals surface area contributed by atoms with Gasteiger partial charge in [-0.25, -0.2) is 0 Å². The van der Waals surface area contributed by atoms with E-state index >= 15 is 0 Å². The molecule has 0 aliphatic heterocycles. The highest BCUT2D eigenvalue weighted by Gasteiger charge is 2.32. The Morgan fingerprint density at radius 1 is 1.21 bits per heavy atom. The maximum atomic E-state index is 13.1. The van der Waals surface area contributed by atoms with Crippen LogP contribution in [-0.2, 0) is 18.1 Å². The fourth-order valence-corrected chi connectivity index (χ4v) is 3.62. The number of carbonyl (C=O) groups excluding carboxylic acids is 1. The Balaban J connectivity index is 2.52. The molecule has 1 aromatic carbocycles. The van der Waals surface area contributed by atoms with Crippen molar-refractivity contribution in [2.75, 3.05) is 13.8 Å². The van der Waals surface area contributed by atoms with Crippen molar-refractivity contribution in [3.05, 3.63) is 45.8 Å². The summed E-state index contributed by atoms with van der Waals surface area (Å²) in [5.41, 5.74) is -0.703. The lowest BCUT2D eigenvalue weighted by atomic mass is 10.1. The Labute approximate surface area is 171 Å². The summed E-state index contributed by atoms with van der Waals surface area (Å²) in [4.78, 5) is 16.8. The number of unbranched alkanes of at least 4 members (excludes halogenated alkanes) is 1. The SMILES string of the molecule is COc1ccc(C(F)(F)F)cc1C(=O)N=c1sn(C(C)(C)C)cc1CCCCF. The maximum absolute atomic E-state index is 13.1. The van der Waals surface area contributed by atoms with Gasteiger partial charge in [-0.2, -0.15) is 18.2 Å². The van der Waals surface area contributed by atoms with E-state index in [4.69, 9.17) is 4.74 Å². The molecule has 0 radical (unpaired) electrons. The van der Waals surface area contributed by atoms with E-state index in [1.807, 2.05) is 30.9 Å². The maximum Gasteiger partial charge on any atom is 0.416 e. The van der Waals surface area contributed by atoms with Crippen molar-refractivity contribution < 1.29 is 27.1 Å². The predicted octanol–water partition coefficient (Wildman–Crippen LogP) is 5.37. The Bertz CT molecular complexity index is 924. The van der Waals surface area contributed by atoms with Gasteiger partial charge in [0, 0.05) is 17.3 Å². The van der Waals surface area contributed by atoms with Gasteiger partial charge in [-0.1, -0.05) is 0 Å². The van der Waals surface area contributed by atoms with Gasteiger partial charge in [-0.3, -0.25) is 13.1 Å². The molecule has 0 saturated carbocycles. The lowest BCUT2D eigenvalue weighted by molar-refractivity contribution is -0.137. The molecule has 0 atom stereocenters. The van der Waals surface area contributed by atoms with E-state index in [0.717, 1.165) is 23.8 Å². The number of halogens is 4. The number of hydrogen-bond acceptors (Lipinski definition) is 3. The van der Waals surface area contributed by atoms with E-state index in [1.54, 1.807) is 0 Å². The van der Waals surface area contributed by atoms with Crippen LogP contribution in [-0.4, -0.2) is 23.6 Å². The highest BCUT2D eigenvalue weighted by atomic mass is 32.1. The van der Waals surface area contributed by atoms with Crippen LogP contribution in [0.5, 0.6) is 5.75 Å². The molecule has 2 aromatic rings. The molecule has 1 heterocycles. The lowest BCUT2D eigenvalue weighted by Gasteiger charge is -2.19. The first-order valence-electron chi connectivity index (χ1n) is 9.10. The first-order chi connectivity index (χ1) is 13.5. The number of nitrogens with zero attached hydrogens (tertiary/aromatic N) is 2. The fourth-order valence-electron chi connectivity index (χ4n) is 2.58. The number of hydrogen-bond donors (Lipinski definition) is 0. The summed E-state index contributed by atoms with van der Waals surface area (Å²) in [6.45, 7) is 5.51. The molecular weight excluding hydrogens is 408 g/mol. The summed E-state index contributed by atoms with van der Waals surface area (Å²) >= 11 is 1.24.